The molecule has 0 aromatic carbocycles. The lowest BCUT2D eigenvalue weighted by Gasteiger charge is -2.12. The summed E-state index contributed by atoms with van der Waals surface area (Å²) >= 11 is 0. The second kappa shape index (κ2) is 7.79. The van der Waals surface area contributed by atoms with Gasteiger partial charge in [-0.2, -0.15) is 9.67 Å². The number of ether oxygens (including phenoxy) is 1. The lowest BCUT2D eigenvalue weighted by Crippen LogP contribution is -3.00. The Bertz CT molecular complexity index is 401. The molecule has 6 heteroatoms. The number of amides is 1. The molecule has 1 aliphatic heterocycles. The largest absolute Gasteiger partial charge is 1.00 e. The monoisotopic (exact) mass is 269 g/mol. The van der Waals surface area contributed by atoms with Crippen molar-refractivity contribution in [2.24, 2.45) is 5.10 Å². The van der Waals surface area contributed by atoms with Crippen LogP contribution in [0.2, 0.25) is 0 Å². The molecule has 98 valence electrons. The number of nitrogens with zero attached hydrogens (tertiary/aromatic N) is 2. The van der Waals surface area contributed by atoms with Crippen LogP contribution in [-0.2, 0) is 16.1 Å². The van der Waals surface area contributed by atoms with E-state index >= 15 is 0 Å². The van der Waals surface area contributed by atoms with Crippen LogP contribution in [0.3, 0.4) is 0 Å². The molecule has 1 aromatic heterocycles. The molecule has 2 heterocycles. The van der Waals surface area contributed by atoms with E-state index in [0.717, 1.165) is 18.6 Å². The highest BCUT2D eigenvalue weighted by Gasteiger charge is 2.10. The third kappa shape index (κ3) is 4.81. The summed E-state index contributed by atoms with van der Waals surface area (Å²) in [6, 6.07) is 5.69. The minimum Gasteiger partial charge on any atom is -1.00 e. The summed E-state index contributed by atoms with van der Waals surface area (Å²) in [5.41, 5.74) is 3.58. The predicted molar refractivity (Wildman–Crippen MR) is 62.3 cm³/mol. The Labute approximate surface area is 112 Å². The average Bonchev–Trinajstić information content (AvgIpc) is 2.39. The number of hydrogen-bond donors (Lipinski definition) is 1. The summed E-state index contributed by atoms with van der Waals surface area (Å²) in [4.78, 5) is 11.6. The van der Waals surface area contributed by atoms with Gasteiger partial charge in [0.25, 0.3) is 0 Å². The van der Waals surface area contributed by atoms with Crippen LogP contribution < -0.4 is 22.4 Å². The van der Waals surface area contributed by atoms with Gasteiger partial charge in [0, 0.05) is 30.7 Å². The zero-order valence-corrected chi connectivity index (χ0v) is 10.8. The molecule has 1 saturated heterocycles. The first-order valence-electron chi connectivity index (χ1n) is 5.71. The molecular formula is C12H16ClN3O2. The zero-order chi connectivity index (χ0) is 11.9. The fraction of sp³-hybridized carbons (Fsp3) is 0.417. The summed E-state index contributed by atoms with van der Waals surface area (Å²) in [5.74, 6) is -0.111. The Balaban J connectivity index is 0.00000162. The molecular weight excluding hydrogens is 254 g/mol. The summed E-state index contributed by atoms with van der Waals surface area (Å²) in [5, 5.41) is 4.10. The molecule has 5 nitrogen and oxygen atoms in total. The lowest BCUT2D eigenvalue weighted by atomic mass is 10.2. The number of hydrogen-bond acceptors (Lipinski definition) is 3. The molecule has 18 heavy (non-hydrogen) atoms. The lowest BCUT2D eigenvalue weighted by molar-refractivity contribution is -0.684. The van der Waals surface area contributed by atoms with Gasteiger partial charge in [0.1, 0.15) is 0 Å². The molecule has 2 rings (SSSR count). The molecule has 0 atom stereocenters. The highest BCUT2D eigenvalue weighted by Crippen LogP contribution is 2.01. The van der Waals surface area contributed by atoms with E-state index < -0.39 is 0 Å². The van der Waals surface area contributed by atoms with Crippen LogP contribution in [0.1, 0.15) is 12.8 Å². The van der Waals surface area contributed by atoms with E-state index in [1.54, 1.807) is 4.57 Å². The van der Waals surface area contributed by atoms with E-state index in [9.17, 15) is 4.79 Å². The van der Waals surface area contributed by atoms with Gasteiger partial charge in [-0.3, -0.25) is 4.79 Å². The Morgan fingerprint density at radius 1 is 1.28 bits per heavy atom. The Hall–Kier alpha value is -1.46. The smallest absolute Gasteiger partial charge is 0.305 e. The van der Waals surface area contributed by atoms with Gasteiger partial charge in [0.15, 0.2) is 12.4 Å². The highest BCUT2D eigenvalue weighted by molar-refractivity contribution is 5.86. The normalized spacial score (nSPS) is 14.6. The van der Waals surface area contributed by atoms with Crippen LogP contribution in [0.15, 0.2) is 35.7 Å². The molecule has 1 amide bonds. The van der Waals surface area contributed by atoms with E-state index in [1.165, 1.54) is 0 Å². The van der Waals surface area contributed by atoms with Crippen LogP contribution >= 0.6 is 0 Å². The van der Waals surface area contributed by atoms with E-state index in [-0.39, 0.29) is 24.9 Å². The number of carbonyl (C=O) groups excluding carboxylic acids is 1. The number of hydrazone groups is 1. The second-order valence-electron chi connectivity index (χ2n) is 3.87. The first-order valence-corrected chi connectivity index (χ1v) is 5.71. The Morgan fingerprint density at radius 2 is 1.94 bits per heavy atom. The van der Waals surface area contributed by atoms with E-state index in [1.807, 2.05) is 30.6 Å². The van der Waals surface area contributed by atoms with Crippen LogP contribution in [-0.4, -0.2) is 24.8 Å². The Kier molecular flexibility index (Phi) is 6.32. The van der Waals surface area contributed by atoms with Gasteiger partial charge < -0.3 is 17.1 Å². The molecule has 1 fully saturated rings. The van der Waals surface area contributed by atoms with Gasteiger partial charge in [0.05, 0.1) is 13.2 Å². The summed E-state index contributed by atoms with van der Waals surface area (Å²) in [6.45, 7) is 1.68. The number of aromatic nitrogens is 1. The van der Waals surface area contributed by atoms with Gasteiger partial charge in [-0.1, -0.05) is 6.07 Å². The number of rotatable bonds is 3. The fourth-order valence-electron chi connectivity index (χ4n) is 1.60. The minimum atomic E-state index is -0.111. The molecule has 0 radical (unpaired) electrons. The predicted octanol–water partition coefficient (Wildman–Crippen LogP) is -2.74. The molecule has 0 saturated carbocycles. The van der Waals surface area contributed by atoms with Gasteiger partial charge in [-0.05, 0) is 0 Å². The van der Waals surface area contributed by atoms with Crippen LogP contribution in [0.25, 0.3) is 0 Å². The van der Waals surface area contributed by atoms with Crippen molar-refractivity contribution >= 4 is 11.6 Å². The molecule has 0 aliphatic carbocycles. The molecule has 0 unspecified atom stereocenters. The van der Waals surface area contributed by atoms with Gasteiger partial charge in [-0.15, -0.1) is 0 Å². The molecule has 1 aromatic rings. The van der Waals surface area contributed by atoms with Gasteiger partial charge >= 0.3 is 5.91 Å². The van der Waals surface area contributed by atoms with Crippen LogP contribution in [0, 0.1) is 0 Å². The van der Waals surface area contributed by atoms with Crippen molar-refractivity contribution in [1.82, 2.24) is 5.43 Å². The van der Waals surface area contributed by atoms with Crippen molar-refractivity contribution in [2.75, 3.05) is 13.2 Å². The van der Waals surface area contributed by atoms with Gasteiger partial charge in [0.2, 0.25) is 6.54 Å². The standard InChI is InChI=1S/C12H15N3O2.ClH/c16-12(10-15-6-2-1-3-7-15)14-13-11-4-8-17-9-5-11;/h1-3,6-7H,4-5,8-10H2;1H. The third-order valence-corrected chi connectivity index (χ3v) is 2.51. The van der Waals surface area contributed by atoms with Crippen LogP contribution in [0.5, 0.6) is 0 Å². The first kappa shape index (κ1) is 14.6. The zero-order valence-electron chi connectivity index (χ0n) is 10.0. The van der Waals surface area contributed by atoms with Gasteiger partial charge in [-0.25, -0.2) is 5.43 Å². The van der Waals surface area contributed by atoms with Crippen molar-refractivity contribution < 1.29 is 26.5 Å². The fourth-order valence-corrected chi connectivity index (χ4v) is 1.60. The summed E-state index contributed by atoms with van der Waals surface area (Å²) in [6.07, 6.45) is 5.31. The summed E-state index contributed by atoms with van der Waals surface area (Å²) in [7, 11) is 0. The summed E-state index contributed by atoms with van der Waals surface area (Å²) < 4.78 is 7.01. The number of pyridine rings is 1. The number of carbonyl (C=O) groups is 1. The van der Waals surface area contributed by atoms with Crippen LogP contribution in [0.4, 0.5) is 0 Å². The van der Waals surface area contributed by atoms with E-state index in [0.29, 0.717) is 13.2 Å². The topological polar surface area (TPSA) is 54.6 Å². The molecule has 1 aliphatic rings. The number of halogens is 1. The quantitative estimate of drug-likeness (QED) is 0.478. The second-order valence-corrected chi connectivity index (χ2v) is 3.87. The van der Waals surface area contributed by atoms with Crippen molar-refractivity contribution in [2.45, 2.75) is 19.4 Å². The van der Waals surface area contributed by atoms with Crippen molar-refractivity contribution in [3.8, 4) is 0 Å². The SMILES string of the molecule is O=C(C[n+]1ccccc1)NN=C1CCOCC1.[Cl-]. The Morgan fingerprint density at radius 3 is 2.61 bits per heavy atom. The third-order valence-electron chi connectivity index (χ3n) is 2.51. The number of nitrogens with one attached hydrogen (secondary N) is 1. The maximum absolute atomic E-state index is 11.6. The van der Waals surface area contributed by atoms with Crippen molar-refractivity contribution in [3.05, 3.63) is 30.6 Å². The van der Waals surface area contributed by atoms with E-state index in [4.69, 9.17) is 4.74 Å². The molecule has 0 spiro atoms. The molecule has 0 bridgehead atoms. The first-order chi connectivity index (χ1) is 8.34. The van der Waals surface area contributed by atoms with E-state index in [2.05, 4.69) is 10.5 Å². The average molecular weight is 270 g/mol. The highest BCUT2D eigenvalue weighted by atomic mass is 35.5. The maximum Gasteiger partial charge on any atom is 0.305 e. The molecule has 1 N–H and O–H groups in total. The minimum absolute atomic E-state index is 0. The van der Waals surface area contributed by atoms with Crippen molar-refractivity contribution in [3.63, 3.8) is 0 Å². The van der Waals surface area contributed by atoms with Crippen molar-refractivity contribution in [1.29, 1.82) is 0 Å². The maximum atomic E-state index is 11.6.